The maximum Gasteiger partial charge on any atom is 0.0809 e. The second kappa shape index (κ2) is 11.3. The first-order chi connectivity index (χ1) is 25.8. The summed E-state index contributed by atoms with van der Waals surface area (Å²) in [5, 5.41) is 8.50. The van der Waals surface area contributed by atoms with Gasteiger partial charge < -0.3 is 9.13 Å². The van der Waals surface area contributed by atoms with E-state index in [9.17, 15) is 0 Å². The Morgan fingerprint density at radius 2 is 0.846 bits per heavy atom. The van der Waals surface area contributed by atoms with E-state index in [1.807, 2.05) is 0 Å². The third-order valence-electron chi connectivity index (χ3n) is 10.7. The van der Waals surface area contributed by atoms with Crippen molar-refractivity contribution >= 4 is 65.3 Å². The molecular weight excluding hydrogens is 631 g/mol. The average Bonchev–Trinajstić information content (AvgIpc) is 3.74. The van der Waals surface area contributed by atoms with Crippen LogP contribution in [-0.2, 0) is 0 Å². The fourth-order valence-electron chi connectivity index (χ4n) is 8.38. The van der Waals surface area contributed by atoms with Crippen molar-refractivity contribution in [3.05, 3.63) is 188 Å². The molecule has 3 heterocycles. The van der Waals surface area contributed by atoms with Crippen LogP contribution in [0.3, 0.4) is 0 Å². The average molecular weight is 662 g/mol. The number of pyridine rings is 1. The molecule has 0 saturated carbocycles. The summed E-state index contributed by atoms with van der Waals surface area (Å²) in [6.07, 6.45) is 0. The molecule has 0 aliphatic carbocycles. The third-order valence-corrected chi connectivity index (χ3v) is 10.7. The summed E-state index contributed by atoms with van der Waals surface area (Å²) in [6, 6.07) is 67.7. The molecule has 0 saturated heterocycles. The molecule has 0 aliphatic heterocycles. The largest absolute Gasteiger partial charge is 0.309 e. The lowest BCUT2D eigenvalue weighted by molar-refractivity contribution is 1.18. The van der Waals surface area contributed by atoms with Crippen molar-refractivity contribution < 1.29 is 0 Å². The van der Waals surface area contributed by atoms with Gasteiger partial charge in [-0.2, -0.15) is 0 Å². The number of para-hydroxylation sites is 5. The van der Waals surface area contributed by atoms with Crippen molar-refractivity contribution in [1.82, 2.24) is 14.1 Å². The molecule has 0 atom stereocenters. The van der Waals surface area contributed by atoms with Gasteiger partial charge in [-0.3, -0.25) is 0 Å². The van der Waals surface area contributed by atoms with Crippen LogP contribution in [-0.4, -0.2) is 14.1 Å². The lowest BCUT2D eigenvalue weighted by atomic mass is 9.96. The number of hydrogen-bond donors (Lipinski definition) is 0. The van der Waals surface area contributed by atoms with Gasteiger partial charge >= 0.3 is 0 Å². The summed E-state index contributed by atoms with van der Waals surface area (Å²) < 4.78 is 4.78. The van der Waals surface area contributed by atoms with Gasteiger partial charge in [0.05, 0.1) is 33.3 Å². The smallest absolute Gasteiger partial charge is 0.0809 e. The third kappa shape index (κ3) is 4.23. The lowest BCUT2D eigenvalue weighted by Crippen LogP contribution is -1.97. The minimum absolute atomic E-state index is 0.993. The van der Waals surface area contributed by atoms with E-state index in [4.69, 9.17) is 4.98 Å². The van der Waals surface area contributed by atoms with E-state index in [1.54, 1.807) is 0 Å². The molecule has 3 nitrogen and oxygen atoms in total. The molecule has 0 radical (unpaired) electrons. The number of hydrogen-bond acceptors (Lipinski definition) is 1. The predicted molar refractivity (Wildman–Crippen MR) is 219 cm³/mol. The van der Waals surface area contributed by atoms with E-state index < -0.39 is 0 Å². The predicted octanol–water partition coefficient (Wildman–Crippen LogP) is 12.9. The van der Waals surface area contributed by atoms with Crippen LogP contribution in [0, 0.1) is 0 Å². The van der Waals surface area contributed by atoms with Gasteiger partial charge in [0.1, 0.15) is 0 Å². The molecule has 3 heteroatoms. The van der Waals surface area contributed by atoms with Crippen LogP contribution in [0.15, 0.2) is 188 Å². The Hall–Kier alpha value is -6.97. The Bertz CT molecular complexity index is 3150. The molecule has 0 N–H and O–H groups in total. The minimum atomic E-state index is 0.993. The van der Waals surface area contributed by atoms with Crippen molar-refractivity contribution in [3.8, 4) is 33.8 Å². The highest BCUT2D eigenvalue weighted by Gasteiger charge is 2.20. The Morgan fingerprint density at radius 3 is 1.58 bits per heavy atom. The lowest BCUT2D eigenvalue weighted by Gasteiger charge is -2.15. The van der Waals surface area contributed by atoms with Gasteiger partial charge in [-0.15, -0.1) is 0 Å². The quantitative estimate of drug-likeness (QED) is 0.172. The molecule has 52 heavy (non-hydrogen) atoms. The molecule has 3 aromatic heterocycles. The van der Waals surface area contributed by atoms with Gasteiger partial charge in [-0.25, -0.2) is 4.98 Å². The van der Waals surface area contributed by atoms with Crippen molar-refractivity contribution in [2.24, 2.45) is 0 Å². The molecule has 0 spiro atoms. The number of rotatable bonds is 4. The SMILES string of the molecule is c1ccc(-n2c3ccccc3c3cc(-c4ccc(-c5nc6ccccc6c6ccc7c8ccccc8n(-c8ccccc8)c7c56)cc4)ccc32)cc1. The summed E-state index contributed by atoms with van der Waals surface area (Å²) >= 11 is 0. The molecule has 0 unspecified atom stereocenters. The molecule has 11 rings (SSSR count). The number of fused-ring (bicyclic) bond motifs is 10. The Labute approximate surface area is 300 Å². The van der Waals surface area contributed by atoms with Crippen molar-refractivity contribution in [3.63, 3.8) is 0 Å². The fourth-order valence-corrected chi connectivity index (χ4v) is 8.38. The monoisotopic (exact) mass is 661 g/mol. The molecule has 0 aliphatic rings. The van der Waals surface area contributed by atoms with Crippen LogP contribution in [0.2, 0.25) is 0 Å². The zero-order chi connectivity index (χ0) is 34.2. The van der Waals surface area contributed by atoms with Gasteiger partial charge in [-0.1, -0.05) is 133 Å². The maximum atomic E-state index is 5.42. The van der Waals surface area contributed by atoms with Crippen LogP contribution in [0.5, 0.6) is 0 Å². The highest BCUT2D eigenvalue weighted by molar-refractivity contribution is 6.25. The maximum absolute atomic E-state index is 5.42. The fraction of sp³-hybridized carbons (Fsp3) is 0. The molecule has 8 aromatic carbocycles. The summed E-state index contributed by atoms with van der Waals surface area (Å²) in [4.78, 5) is 5.42. The zero-order valence-electron chi connectivity index (χ0n) is 28.2. The van der Waals surface area contributed by atoms with Crippen LogP contribution in [0.25, 0.3) is 99.0 Å². The summed E-state index contributed by atoms with van der Waals surface area (Å²) in [6.45, 7) is 0. The Balaban J connectivity index is 1.13. The van der Waals surface area contributed by atoms with E-state index in [0.29, 0.717) is 0 Å². The first-order valence-corrected chi connectivity index (χ1v) is 17.8. The van der Waals surface area contributed by atoms with E-state index in [1.165, 1.54) is 71.2 Å². The zero-order valence-corrected chi connectivity index (χ0v) is 28.2. The first kappa shape index (κ1) is 28.8. The number of aromatic nitrogens is 3. The van der Waals surface area contributed by atoms with Crippen molar-refractivity contribution in [2.45, 2.75) is 0 Å². The van der Waals surface area contributed by atoms with E-state index in [-0.39, 0.29) is 0 Å². The molecule has 242 valence electrons. The summed E-state index contributed by atoms with van der Waals surface area (Å²) in [5.41, 5.74) is 12.6. The van der Waals surface area contributed by atoms with E-state index in [0.717, 1.165) is 27.8 Å². The van der Waals surface area contributed by atoms with Crippen LogP contribution in [0.1, 0.15) is 0 Å². The standard InChI is InChI=1S/C49H31N3/c1-3-13-35(14-4-1)51-44-21-11-9-19-39(44)42-31-34(27-30-46(42)51)32-23-25-33(26-24-32)48-47-40(37-17-7-10-20-43(37)50-48)28-29-41-38-18-8-12-22-45(38)52(49(41)47)36-15-5-2-6-16-36/h1-31H. The van der Waals surface area contributed by atoms with Gasteiger partial charge in [0.2, 0.25) is 0 Å². The summed E-state index contributed by atoms with van der Waals surface area (Å²) in [7, 11) is 0. The molecule has 0 amide bonds. The topological polar surface area (TPSA) is 22.8 Å². The molecule has 11 aromatic rings. The highest BCUT2D eigenvalue weighted by Crippen LogP contribution is 2.43. The van der Waals surface area contributed by atoms with E-state index in [2.05, 4.69) is 197 Å². The molecule has 0 bridgehead atoms. The highest BCUT2D eigenvalue weighted by atomic mass is 15.0. The van der Waals surface area contributed by atoms with Gasteiger partial charge in [0.15, 0.2) is 0 Å². The second-order valence-electron chi connectivity index (χ2n) is 13.5. The van der Waals surface area contributed by atoms with Crippen LogP contribution in [0.4, 0.5) is 0 Å². The van der Waals surface area contributed by atoms with Gasteiger partial charge in [0.25, 0.3) is 0 Å². The minimum Gasteiger partial charge on any atom is -0.309 e. The number of nitrogens with zero attached hydrogens (tertiary/aromatic N) is 3. The van der Waals surface area contributed by atoms with Crippen LogP contribution < -0.4 is 0 Å². The second-order valence-corrected chi connectivity index (χ2v) is 13.5. The first-order valence-electron chi connectivity index (χ1n) is 17.8. The molecule has 0 fully saturated rings. The van der Waals surface area contributed by atoms with Crippen LogP contribution >= 0.6 is 0 Å². The van der Waals surface area contributed by atoms with Crippen molar-refractivity contribution in [1.29, 1.82) is 0 Å². The van der Waals surface area contributed by atoms with Crippen molar-refractivity contribution in [2.75, 3.05) is 0 Å². The molecular formula is C49H31N3. The van der Waals surface area contributed by atoms with Gasteiger partial charge in [0, 0.05) is 49.3 Å². The summed E-state index contributed by atoms with van der Waals surface area (Å²) in [5.74, 6) is 0. The normalized spacial score (nSPS) is 11.8. The van der Waals surface area contributed by atoms with E-state index >= 15 is 0 Å². The Morgan fingerprint density at radius 1 is 0.327 bits per heavy atom. The Kier molecular flexibility index (Phi) is 6.25. The van der Waals surface area contributed by atoms with Gasteiger partial charge in [-0.05, 0) is 71.1 Å². The number of benzene rings is 8.